The van der Waals surface area contributed by atoms with Gasteiger partial charge in [-0.15, -0.1) is 12.4 Å². The summed E-state index contributed by atoms with van der Waals surface area (Å²) in [5.74, 6) is 0.840. The van der Waals surface area contributed by atoms with Crippen molar-refractivity contribution in [3.8, 4) is 0 Å². The molecule has 4 rings (SSSR count). The van der Waals surface area contributed by atoms with Crippen LogP contribution in [0.15, 0.2) is 47.2 Å². The average Bonchev–Trinajstić information content (AvgIpc) is 3.05. The van der Waals surface area contributed by atoms with Crippen molar-refractivity contribution < 1.29 is 4.79 Å². The number of aromatic nitrogens is 2. The Kier molecular flexibility index (Phi) is 6.07. The number of anilines is 2. The van der Waals surface area contributed by atoms with Crippen LogP contribution in [0.25, 0.3) is 10.9 Å². The van der Waals surface area contributed by atoms with Crippen molar-refractivity contribution in [1.82, 2.24) is 14.5 Å². The van der Waals surface area contributed by atoms with Gasteiger partial charge >= 0.3 is 0 Å². The second-order valence-corrected chi connectivity index (χ2v) is 7.61. The second kappa shape index (κ2) is 8.31. The number of fused-ring (bicyclic) bond motifs is 1. The zero-order chi connectivity index (χ0) is 18.1. The first-order valence-electron chi connectivity index (χ1n) is 8.89. The van der Waals surface area contributed by atoms with Gasteiger partial charge in [-0.2, -0.15) is 0 Å². The molecular weight excluding hydrogens is 428 g/mol. The van der Waals surface area contributed by atoms with E-state index in [2.05, 4.69) is 26.2 Å². The fraction of sp³-hybridized carbons (Fsp3) is 0.300. The topological polar surface area (TPSA) is 50.2 Å². The maximum absolute atomic E-state index is 13.0. The highest BCUT2D eigenvalue weighted by Crippen LogP contribution is 2.29. The number of nitrogens with one attached hydrogen (secondary N) is 1. The molecule has 0 aliphatic carbocycles. The lowest BCUT2D eigenvalue weighted by molar-refractivity contribution is 0.0725. The number of pyridine rings is 1. The second-order valence-electron chi connectivity index (χ2n) is 6.70. The number of likely N-dealkylation sites (tertiary alicyclic amines) is 1. The number of benzene rings is 1. The van der Waals surface area contributed by atoms with E-state index in [1.807, 2.05) is 53.0 Å². The van der Waals surface area contributed by atoms with Crippen LogP contribution in [0.3, 0.4) is 0 Å². The van der Waals surface area contributed by atoms with Crippen LogP contribution >= 0.6 is 28.3 Å². The van der Waals surface area contributed by atoms with Crippen molar-refractivity contribution in [2.24, 2.45) is 7.05 Å². The summed E-state index contributed by atoms with van der Waals surface area (Å²) in [5.41, 5.74) is 2.55. The van der Waals surface area contributed by atoms with E-state index in [1.54, 1.807) is 6.20 Å². The number of nitrogens with zero attached hydrogens (tertiary/aromatic N) is 3. The van der Waals surface area contributed by atoms with Crippen molar-refractivity contribution in [2.75, 3.05) is 18.4 Å². The lowest BCUT2D eigenvalue weighted by Crippen LogP contribution is -2.35. The minimum absolute atomic E-state index is 0. The number of halogens is 2. The highest BCUT2D eigenvalue weighted by Gasteiger charge is 2.23. The van der Waals surface area contributed by atoms with Gasteiger partial charge in [0.05, 0.1) is 11.1 Å². The van der Waals surface area contributed by atoms with Gasteiger partial charge in [0.25, 0.3) is 5.91 Å². The Morgan fingerprint density at radius 2 is 1.96 bits per heavy atom. The van der Waals surface area contributed by atoms with E-state index in [9.17, 15) is 4.79 Å². The molecule has 1 aliphatic heterocycles. The van der Waals surface area contributed by atoms with Gasteiger partial charge in [-0.25, -0.2) is 4.98 Å². The summed E-state index contributed by atoms with van der Waals surface area (Å²) in [4.78, 5) is 19.6. The largest absolute Gasteiger partial charge is 0.350 e. The summed E-state index contributed by atoms with van der Waals surface area (Å²) >= 11 is 3.49. The molecule has 0 atom stereocenters. The van der Waals surface area contributed by atoms with Crippen molar-refractivity contribution in [3.05, 3.63) is 52.8 Å². The predicted octanol–water partition coefficient (Wildman–Crippen LogP) is 5.13. The van der Waals surface area contributed by atoms with Crippen LogP contribution < -0.4 is 5.32 Å². The number of piperidine rings is 1. The summed E-state index contributed by atoms with van der Waals surface area (Å²) < 4.78 is 3.00. The number of carbonyl (C=O) groups is 1. The normalized spacial score (nSPS) is 14.1. The lowest BCUT2D eigenvalue weighted by Gasteiger charge is -2.27. The van der Waals surface area contributed by atoms with E-state index >= 15 is 0 Å². The standard InChI is InChI=1S/C20H21BrN4O.ClH/c1-24-11-8-16-18(24)17(20(26)25-9-3-2-4-10-25)13-22-19(16)23-15-7-5-6-14(21)12-15;/h5-8,11-13H,2-4,9-10H2,1H3,(H,22,23);1H. The minimum Gasteiger partial charge on any atom is -0.350 e. The lowest BCUT2D eigenvalue weighted by atomic mass is 10.1. The molecule has 2 aromatic heterocycles. The van der Waals surface area contributed by atoms with Gasteiger partial charge in [-0.3, -0.25) is 4.79 Å². The van der Waals surface area contributed by atoms with Crippen molar-refractivity contribution >= 4 is 56.7 Å². The van der Waals surface area contributed by atoms with Gasteiger partial charge in [0.1, 0.15) is 5.82 Å². The van der Waals surface area contributed by atoms with Crippen molar-refractivity contribution in [2.45, 2.75) is 19.3 Å². The number of hydrogen-bond donors (Lipinski definition) is 1. The van der Waals surface area contributed by atoms with E-state index in [1.165, 1.54) is 6.42 Å². The van der Waals surface area contributed by atoms with E-state index in [-0.39, 0.29) is 18.3 Å². The van der Waals surface area contributed by atoms with E-state index in [0.717, 1.165) is 52.8 Å². The summed E-state index contributed by atoms with van der Waals surface area (Å²) in [5, 5.41) is 4.32. The molecular formula is C20H22BrClN4O. The molecule has 0 bridgehead atoms. The molecule has 142 valence electrons. The molecule has 1 aromatic carbocycles. The summed E-state index contributed by atoms with van der Waals surface area (Å²) in [6.45, 7) is 1.67. The van der Waals surface area contributed by atoms with Gasteiger partial charge in [0.15, 0.2) is 0 Å². The van der Waals surface area contributed by atoms with Gasteiger partial charge in [-0.1, -0.05) is 22.0 Å². The monoisotopic (exact) mass is 448 g/mol. The first-order chi connectivity index (χ1) is 12.6. The van der Waals surface area contributed by atoms with E-state index < -0.39 is 0 Å². The SMILES string of the molecule is Cl.Cn1ccc2c(Nc3cccc(Br)c3)ncc(C(=O)N3CCCCC3)c21. The third-order valence-corrected chi connectivity index (χ3v) is 5.36. The van der Waals surface area contributed by atoms with Crippen LogP contribution in [0.1, 0.15) is 29.6 Å². The summed E-state index contributed by atoms with van der Waals surface area (Å²) in [6.07, 6.45) is 7.05. The highest BCUT2D eigenvalue weighted by molar-refractivity contribution is 9.10. The third kappa shape index (κ3) is 3.96. The predicted molar refractivity (Wildman–Crippen MR) is 115 cm³/mol. The molecule has 3 heterocycles. The minimum atomic E-state index is 0. The van der Waals surface area contributed by atoms with Crippen LogP contribution in [-0.4, -0.2) is 33.4 Å². The molecule has 0 unspecified atom stereocenters. The maximum Gasteiger partial charge on any atom is 0.257 e. The average molecular weight is 450 g/mol. The van der Waals surface area contributed by atoms with E-state index in [0.29, 0.717) is 5.56 Å². The first-order valence-corrected chi connectivity index (χ1v) is 9.69. The number of rotatable bonds is 3. The van der Waals surface area contributed by atoms with Gasteiger partial charge < -0.3 is 14.8 Å². The smallest absolute Gasteiger partial charge is 0.257 e. The Labute approximate surface area is 173 Å². The fourth-order valence-electron chi connectivity index (χ4n) is 3.54. The highest BCUT2D eigenvalue weighted by atomic mass is 79.9. The molecule has 27 heavy (non-hydrogen) atoms. The summed E-state index contributed by atoms with van der Waals surface area (Å²) in [7, 11) is 1.97. The Morgan fingerprint density at radius 3 is 2.70 bits per heavy atom. The number of carbonyl (C=O) groups excluding carboxylic acids is 1. The molecule has 3 aromatic rings. The molecule has 1 fully saturated rings. The Bertz CT molecular complexity index is 966. The molecule has 0 radical (unpaired) electrons. The fourth-order valence-corrected chi connectivity index (χ4v) is 3.94. The van der Waals surface area contributed by atoms with Crippen molar-refractivity contribution in [1.29, 1.82) is 0 Å². The quantitative estimate of drug-likeness (QED) is 0.603. The summed E-state index contributed by atoms with van der Waals surface area (Å²) in [6, 6.07) is 9.97. The van der Waals surface area contributed by atoms with Gasteiger partial charge in [-0.05, 0) is 43.5 Å². The van der Waals surface area contributed by atoms with Crippen LogP contribution in [0.2, 0.25) is 0 Å². The van der Waals surface area contributed by atoms with Crippen LogP contribution in [0, 0.1) is 0 Å². The Balaban J connectivity index is 0.00000210. The zero-order valence-electron chi connectivity index (χ0n) is 15.1. The van der Waals surface area contributed by atoms with E-state index in [4.69, 9.17) is 0 Å². The molecule has 1 amide bonds. The molecule has 7 heteroatoms. The van der Waals surface area contributed by atoms with Crippen molar-refractivity contribution in [3.63, 3.8) is 0 Å². The molecule has 1 saturated heterocycles. The molecule has 0 saturated carbocycles. The number of amides is 1. The number of aryl methyl sites for hydroxylation is 1. The van der Waals surface area contributed by atoms with Crippen LogP contribution in [0.4, 0.5) is 11.5 Å². The Morgan fingerprint density at radius 1 is 1.19 bits per heavy atom. The molecule has 5 nitrogen and oxygen atoms in total. The first kappa shape index (κ1) is 19.7. The zero-order valence-corrected chi connectivity index (χ0v) is 17.5. The maximum atomic E-state index is 13.0. The molecule has 1 N–H and O–H groups in total. The van der Waals surface area contributed by atoms with Crippen LogP contribution in [0.5, 0.6) is 0 Å². The van der Waals surface area contributed by atoms with Crippen LogP contribution in [-0.2, 0) is 7.05 Å². The van der Waals surface area contributed by atoms with Gasteiger partial charge in [0.2, 0.25) is 0 Å². The van der Waals surface area contributed by atoms with Gasteiger partial charge in [0, 0.05) is 48.1 Å². The molecule has 0 spiro atoms. The molecule has 1 aliphatic rings. The third-order valence-electron chi connectivity index (χ3n) is 4.87. The Hall–Kier alpha value is -2.05. The number of hydrogen-bond acceptors (Lipinski definition) is 3.